The highest BCUT2D eigenvalue weighted by Crippen LogP contribution is 2.42. The lowest BCUT2D eigenvalue weighted by atomic mass is 9.90. The Hall–Kier alpha value is -7.39. The van der Waals surface area contributed by atoms with Gasteiger partial charge in [-0.2, -0.15) is 10.5 Å². The van der Waals surface area contributed by atoms with Crippen molar-refractivity contribution < 1.29 is 0 Å². The summed E-state index contributed by atoms with van der Waals surface area (Å²) in [6.07, 6.45) is 0. The zero-order valence-corrected chi connectivity index (χ0v) is 26.7. The maximum absolute atomic E-state index is 10.6. The average Bonchev–Trinajstić information content (AvgIpc) is 3.70. The van der Waals surface area contributed by atoms with Crippen LogP contribution in [0.25, 0.3) is 82.1 Å². The highest BCUT2D eigenvalue weighted by atomic mass is 15.0. The van der Waals surface area contributed by atoms with E-state index >= 15 is 0 Å². The van der Waals surface area contributed by atoms with Crippen LogP contribution in [-0.4, -0.2) is 9.13 Å². The number of aromatic nitrogens is 2. The van der Waals surface area contributed by atoms with E-state index in [1.807, 2.05) is 84.9 Å². The van der Waals surface area contributed by atoms with Crippen molar-refractivity contribution in [2.45, 2.75) is 0 Å². The summed E-state index contributed by atoms with van der Waals surface area (Å²) in [4.78, 5) is 3.81. The second-order valence-electron chi connectivity index (χ2n) is 12.3. The van der Waals surface area contributed by atoms with Crippen LogP contribution >= 0.6 is 0 Å². The van der Waals surface area contributed by atoms with Crippen LogP contribution in [0, 0.1) is 29.2 Å². The lowest BCUT2D eigenvalue weighted by molar-refractivity contribution is 1.18. The number of hydrogen-bond acceptors (Lipinski definition) is 2. The van der Waals surface area contributed by atoms with E-state index in [0.717, 1.165) is 77.2 Å². The summed E-state index contributed by atoms with van der Waals surface area (Å²) < 4.78 is 4.41. The van der Waals surface area contributed by atoms with E-state index in [2.05, 4.69) is 92.8 Å². The molecule has 0 saturated carbocycles. The minimum absolute atomic E-state index is 0.547. The van der Waals surface area contributed by atoms with Gasteiger partial charge in [0.1, 0.15) is 0 Å². The van der Waals surface area contributed by atoms with Gasteiger partial charge >= 0.3 is 0 Å². The summed E-state index contributed by atoms with van der Waals surface area (Å²) in [5, 5.41) is 24.6. The molecule has 9 rings (SSSR count). The van der Waals surface area contributed by atoms with Crippen molar-refractivity contribution in [2.75, 3.05) is 0 Å². The maximum Gasteiger partial charge on any atom is 0.189 e. The van der Waals surface area contributed by atoms with Crippen molar-refractivity contribution in [1.82, 2.24) is 9.13 Å². The predicted molar refractivity (Wildman–Crippen MR) is 202 cm³/mol. The Labute approximate surface area is 288 Å². The van der Waals surface area contributed by atoms with Crippen LogP contribution < -0.4 is 0 Å². The molecule has 5 heteroatoms. The monoisotopic (exact) mass is 635 g/mol. The molecule has 230 valence electrons. The molecule has 50 heavy (non-hydrogen) atoms. The standard InChI is InChI=1S/C45H25N5/c1-48-31-19-21-39(45(26-31)50-42-16-8-4-12-36(42)37-13-5-9-17-43(37)50)35-11-3-2-10-34(35)33-22-20-32(25-30(33)28-47)49-41-15-7-6-14-38(41)40-24-29(27-46)18-23-44(40)49/h2-26H. The Kier molecular flexibility index (Phi) is 6.56. The molecular weight excluding hydrogens is 611 g/mol. The number of nitriles is 2. The molecule has 0 fully saturated rings. The number of rotatable bonds is 4. The van der Waals surface area contributed by atoms with E-state index in [-0.39, 0.29) is 0 Å². The van der Waals surface area contributed by atoms with Gasteiger partial charge in [-0.3, -0.25) is 0 Å². The highest BCUT2D eigenvalue weighted by Gasteiger charge is 2.20. The van der Waals surface area contributed by atoms with Crippen molar-refractivity contribution in [3.63, 3.8) is 0 Å². The third-order valence-corrected chi connectivity index (χ3v) is 9.62. The molecule has 9 aromatic rings. The molecule has 0 bridgehead atoms. The first-order valence-corrected chi connectivity index (χ1v) is 16.3. The van der Waals surface area contributed by atoms with E-state index in [9.17, 15) is 10.5 Å². The third kappa shape index (κ3) is 4.31. The van der Waals surface area contributed by atoms with Crippen LogP contribution in [0.2, 0.25) is 0 Å². The Morgan fingerprint density at radius 2 is 1.02 bits per heavy atom. The Bertz CT molecular complexity index is 2920. The third-order valence-electron chi connectivity index (χ3n) is 9.62. The van der Waals surface area contributed by atoms with E-state index in [0.29, 0.717) is 16.8 Å². The van der Waals surface area contributed by atoms with Crippen LogP contribution in [0.4, 0.5) is 5.69 Å². The first-order chi connectivity index (χ1) is 24.7. The lowest BCUT2D eigenvalue weighted by Gasteiger charge is -2.18. The fourth-order valence-corrected chi connectivity index (χ4v) is 7.46. The molecule has 0 unspecified atom stereocenters. The van der Waals surface area contributed by atoms with Crippen molar-refractivity contribution >= 4 is 49.3 Å². The molecule has 0 spiro atoms. The van der Waals surface area contributed by atoms with Crippen molar-refractivity contribution in [3.8, 4) is 45.8 Å². The lowest BCUT2D eigenvalue weighted by Crippen LogP contribution is -1.99. The molecule has 0 N–H and O–H groups in total. The highest BCUT2D eigenvalue weighted by molar-refractivity contribution is 6.11. The van der Waals surface area contributed by atoms with Crippen molar-refractivity contribution in [1.29, 1.82) is 10.5 Å². The fraction of sp³-hybridized carbons (Fsp3) is 0. The van der Waals surface area contributed by atoms with Gasteiger partial charge in [-0.05, 0) is 65.7 Å². The normalized spacial score (nSPS) is 11.1. The summed E-state index contributed by atoms with van der Waals surface area (Å²) in [6.45, 7) is 7.86. The van der Waals surface area contributed by atoms with E-state index in [4.69, 9.17) is 6.57 Å². The molecule has 0 radical (unpaired) electrons. The number of benzene rings is 7. The molecule has 2 heterocycles. The Morgan fingerprint density at radius 3 is 1.66 bits per heavy atom. The summed E-state index contributed by atoms with van der Waals surface area (Å²) in [7, 11) is 0. The molecule has 0 aliphatic carbocycles. The summed E-state index contributed by atoms with van der Waals surface area (Å²) in [5.74, 6) is 0. The first-order valence-electron chi connectivity index (χ1n) is 16.3. The zero-order chi connectivity index (χ0) is 33.8. The Morgan fingerprint density at radius 1 is 0.460 bits per heavy atom. The van der Waals surface area contributed by atoms with Crippen molar-refractivity contribution in [3.05, 3.63) is 174 Å². The molecular formula is C45H25N5. The number of para-hydroxylation sites is 3. The van der Waals surface area contributed by atoms with Crippen LogP contribution in [-0.2, 0) is 0 Å². The Balaban J connectivity index is 1.26. The minimum Gasteiger partial charge on any atom is -0.310 e. The molecule has 0 aliphatic rings. The first kappa shape index (κ1) is 28.8. The average molecular weight is 636 g/mol. The van der Waals surface area contributed by atoms with Gasteiger partial charge in [-0.15, -0.1) is 0 Å². The second-order valence-corrected chi connectivity index (χ2v) is 12.3. The van der Waals surface area contributed by atoms with Crippen LogP contribution in [0.15, 0.2) is 152 Å². The number of nitrogens with zero attached hydrogens (tertiary/aromatic N) is 5. The van der Waals surface area contributed by atoms with E-state index in [1.165, 1.54) is 0 Å². The van der Waals surface area contributed by atoms with Gasteiger partial charge in [0.2, 0.25) is 0 Å². The van der Waals surface area contributed by atoms with Gasteiger partial charge in [0.05, 0.1) is 51.9 Å². The largest absolute Gasteiger partial charge is 0.310 e. The number of fused-ring (bicyclic) bond motifs is 6. The predicted octanol–water partition coefficient (Wildman–Crippen LogP) is 11.5. The van der Waals surface area contributed by atoms with Gasteiger partial charge in [0, 0.05) is 44.0 Å². The molecule has 2 aromatic heterocycles. The molecule has 0 aliphatic heterocycles. The zero-order valence-electron chi connectivity index (χ0n) is 26.7. The molecule has 0 amide bonds. The SMILES string of the molecule is [C-]#[N+]c1ccc(-c2ccccc2-c2ccc(-n3c4ccccc4c4cc(C#N)ccc43)cc2C#N)c(-n2c3ccccc3c3ccccc32)c1. The molecule has 0 saturated heterocycles. The minimum atomic E-state index is 0.547. The van der Waals surface area contributed by atoms with Crippen molar-refractivity contribution in [2.24, 2.45) is 0 Å². The van der Waals surface area contributed by atoms with E-state index < -0.39 is 0 Å². The van der Waals surface area contributed by atoms with Crippen LogP contribution in [0.1, 0.15) is 11.1 Å². The molecule has 7 aromatic carbocycles. The van der Waals surface area contributed by atoms with Gasteiger partial charge < -0.3 is 9.13 Å². The quantitative estimate of drug-likeness (QED) is 0.181. The van der Waals surface area contributed by atoms with Gasteiger partial charge in [0.25, 0.3) is 0 Å². The van der Waals surface area contributed by atoms with Crippen LogP contribution in [0.5, 0.6) is 0 Å². The number of hydrogen-bond donors (Lipinski definition) is 0. The molecule has 0 atom stereocenters. The molecule has 5 nitrogen and oxygen atoms in total. The summed E-state index contributed by atoms with van der Waals surface area (Å²) >= 11 is 0. The fourth-order valence-electron chi connectivity index (χ4n) is 7.46. The smallest absolute Gasteiger partial charge is 0.189 e. The van der Waals surface area contributed by atoms with Gasteiger partial charge in [-0.1, -0.05) is 97.1 Å². The van der Waals surface area contributed by atoms with E-state index in [1.54, 1.807) is 0 Å². The second kappa shape index (κ2) is 11.4. The topological polar surface area (TPSA) is 61.8 Å². The van der Waals surface area contributed by atoms with Gasteiger partial charge in [-0.25, -0.2) is 4.85 Å². The summed E-state index contributed by atoms with van der Waals surface area (Å²) in [6, 6.07) is 55.5. The summed E-state index contributed by atoms with van der Waals surface area (Å²) in [5.41, 5.74) is 11.2. The maximum atomic E-state index is 10.6. The van der Waals surface area contributed by atoms with Crippen LogP contribution in [0.3, 0.4) is 0 Å². The van der Waals surface area contributed by atoms with Gasteiger partial charge in [0.15, 0.2) is 5.69 Å².